The summed E-state index contributed by atoms with van der Waals surface area (Å²) in [5.41, 5.74) is 3.65. The van der Waals surface area contributed by atoms with Crippen molar-refractivity contribution < 1.29 is 13.2 Å². The van der Waals surface area contributed by atoms with Gasteiger partial charge < -0.3 is 5.32 Å². The summed E-state index contributed by atoms with van der Waals surface area (Å²) in [7, 11) is -3.27. The molecule has 34 heavy (non-hydrogen) atoms. The second kappa shape index (κ2) is 8.96. The van der Waals surface area contributed by atoms with Gasteiger partial charge >= 0.3 is 0 Å². The van der Waals surface area contributed by atoms with Gasteiger partial charge in [0.1, 0.15) is 5.82 Å². The molecule has 2 heterocycles. The zero-order chi connectivity index (χ0) is 24.7. The van der Waals surface area contributed by atoms with Gasteiger partial charge in [-0.05, 0) is 47.7 Å². The molecule has 0 saturated heterocycles. The van der Waals surface area contributed by atoms with E-state index >= 15 is 0 Å². The van der Waals surface area contributed by atoms with E-state index in [0.717, 1.165) is 21.5 Å². The van der Waals surface area contributed by atoms with Crippen molar-refractivity contribution in [3.05, 3.63) is 65.4 Å². The number of anilines is 1. The van der Waals surface area contributed by atoms with Gasteiger partial charge in [0, 0.05) is 6.07 Å². The van der Waals surface area contributed by atoms with Crippen molar-refractivity contribution in [3.8, 4) is 5.13 Å². The smallest absolute Gasteiger partial charge is 0.229 e. The van der Waals surface area contributed by atoms with Crippen LogP contribution in [-0.2, 0) is 26.5 Å². The van der Waals surface area contributed by atoms with E-state index in [4.69, 9.17) is 4.98 Å². The van der Waals surface area contributed by atoms with Crippen molar-refractivity contribution in [1.29, 1.82) is 0 Å². The highest BCUT2D eigenvalue weighted by atomic mass is 32.2. The monoisotopic (exact) mass is 496 g/mol. The standard InChI is InChI=1S/C25H28N4O3S2/c1-6-34(31,32)19-10-7-17(8-11-19)14-23(30)27-22-13-16(2)28-29(22)24-26-20-12-9-18(25(3,4)5)15-21(20)33-24/h7-13,15H,6,14H2,1-5H3,(H,27,30). The molecule has 0 unspecified atom stereocenters. The number of aromatic nitrogens is 3. The Morgan fingerprint density at radius 3 is 2.44 bits per heavy atom. The molecule has 0 bridgehead atoms. The van der Waals surface area contributed by atoms with Gasteiger partial charge in [-0.3, -0.25) is 4.79 Å². The van der Waals surface area contributed by atoms with E-state index in [1.807, 2.05) is 19.1 Å². The van der Waals surface area contributed by atoms with Crippen LogP contribution in [0.15, 0.2) is 53.4 Å². The normalized spacial score (nSPS) is 12.3. The van der Waals surface area contributed by atoms with Crippen LogP contribution in [-0.4, -0.2) is 34.8 Å². The Kier molecular flexibility index (Phi) is 6.35. The fourth-order valence-electron chi connectivity index (χ4n) is 3.56. The highest BCUT2D eigenvalue weighted by Crippen LogP contribution is 2.31. The third-order valence-corrected chi connectivity index (χ3v) is 8.29. The lowest BCUT2D eigenvalue weighted by Crippen LogP contribution is -2.17. The summed E-state index contributed by atoms with van der Waals surface area (Å²) in [6.45, 7) is 10.0. The summed E-state index contributed by atoms with van der Waals surface area (Å²) < 4.78 is 26.7. The first-order valence-electron chi connectivity index (χ1n) is 11.1. The van der Waals surface area contributed by atoms with E-state index in [1.54, 1.807) is 35.9 Å². The van der Waals surface area contributed by atoms with E-state index in [2.05, 4.69) is 43.3 Å². The summed E-state index contributed by atoms with van der Waals surface area (Å²) in [5.74, 6) is 0.366. The lowest BCUT2D eigenvalue weighted by molar-refractivity contribution is -0.115. The van der Waals surface area contributed by atoms with Gasteiger partial charge in [0.05, 0.1) is 33.0 Å². The molecule has 0 radical (unpaired) electrons. The van der Waals surface area contributed by atoms with Crippen LogP contribution in [0.4, 0.5) is 5.82 Å². The predicted octanol–water partition coefficient (Wildman–Crippen LogP) is 5.06. The fraction of sp³-hybridized carbons (Fsp3) is 0.320. The second-order valence-electron chi connectivity index (χ2n) is 9.28. The van der Waals surface area contributed by atoms with Crippen molar-refractivity contribution >= 4 is 43.1 Å². The third-order valence-electron chi connectivity index (χ3n) is 5.55. The van der Waals surface area contributed by atoms with Crippen molar-refractivity contribution in [3.63, 3.8) is 0 Å². The molecule has 4 aromatic rings. The zero-order valence-electron chi connectivity index (χ0n) is 19.9. The van der Waals surface area contributed by atoms with Crippen molar-refractivity contribution in [2.45, 2.75) is 51.3 Å². The van der Waals surface area contributed by atoms with E-state index in [-0.39, 0.29) is 28.4 Å². The minimum Gasteiger partial charge on any atom is -0.310 e. The molecule has 4 rings (SSSR count). The number of sulfone groups is 1. The van der Waals surface area contributed by atoms with E-state index in [9.17, 15) is 13.2 Å². The van der Waals surface area contributed by atoms with E-state index in [0.29, 0.717) is 10.9 Å². The molecule has 9 heteroatoms. The molecule has 0 atom stereocenters. The quantitative estimate of drug-likeness (QED) is 0.403. The molecule has 1 N–H and O–H groups in total. The minimum atomic E-state index is -3.27. The lowest BCUT2D eigenvalue weighted by atomic mass is 9.87. The van der Waals surface area contributed by atoms with Crippen LogP contribution >= 0.6 is 11.3 Å². The van der Waals surface area contributed by atoms with E-state index in [1.165, 1.54) is 16.9 Å². The molecular formula is C25H28N4O3S2. The molecule has 0 spiro atoms. The van der Waals surface area contributed by atoms with Crippen LogP contribution in [0, 0.1) is 6.92 Å². The number of carbonyl (C=O) groups excluding carboxylic acids is 1. The maximum Gasteiger partial charge on any atom is 0.229 e. The van der Waals surface area contributed by atoms with Gasteiger partial charge in [-0.15, -0.1) is 0 Å². The largest absolute Gasteiger partial charge is 0.310 e. The molecule has 0 aliphatic rings. The van der Waals surface area contributed by atoms with Crippen molar-refractivity contribution in [2.75, 3.05) is 11.1 Å². The number of nitrogens with zero attached hydrogens (tertiary/aromatic N) is 3. The Hall–Kier alpha value is -3.04. The minimum absolute atomic E-state index is 0.0404. The number of amides is 1. The number of thiazole rings is 1. The van der Waals surface area contributed by atoms with Gasteiger partial charge in [-0.25, -0.2) is 13.4 Å². The molecular weight excluding hydrogens is 468 g/mol. The maximum atomic E-state index is 12.8. The van der Waals surface area contributed by atoms with Gasteiger partial charge in [0.2, 0.25) is 11.0 Å². The zero-order valence-corrected chi connectivity index (χ0v) is 21.5. The number of aryl methyl sites for hydroxylation is 1. The van der Waals surface area contributed by atoms with Gasteiger partial charge in [0.15, 0.2) is 9.84 Å². The van der Waals surface area contributed by atoms with Crippen molar-refractivity contribution in [1.82, 2.24) is 14.8 Å². The fourth-order valence-corrected chi connectivity index (χ4v) is 5.41. The first-order valence-corrected chi connectivity index (χ1v) is 13.5. The molecule has 0 saturated carbocycles. The summed E-state index contributed by atoms with van der Waals surface area (Å²) in [4.78, 5) is 17.7. The number of carbonyl (C=O) groups is 1. The highest BCUT2D eigenvalue weighted by molar-refractivity contribution is 7.91. The molecule has 2 aromatic carbocycles. The number of hydrogen-bond acceptors (Lipinski definition) is 6. The van der Waals surface area contributed by atoms with Gasteiger partial charge in [-0.1, -0.05) is 57.2 Å². The molecule has 178 valence electrons. The average molecular weight is 497 g/mol. The number of nitrogens with one attached hydrogen (secondary N) is 1. The molecule has 2 aromatic heterocycles. The summed E-state index contributed by atoms with van der Waals surface area (Å²) >= 11 is 1.53. The predicted molar refractivity (Wildman–Crippen MR) is 137 cm³/mol. The number of benzene rings is 2. The van der Waals surface area contributed by atoms with Crippen LogP contribution in [0.1, 0.15) is 44.5 Å². The van der Waals surface area contributed by atoms with Crippen LogP contribution in [0.25, 0.3) is 15.3 Å². The maximum absolute atomic E-state index is 12.8. The van der Waals surface area contributed by atoms with Crippen LogP contribution in [0.2, 0.25) is 0 Å². The number of fused-ring (bicyclic) bond motifs is 1. The molecule has 0 aliphatic heterocycles. The first kappa shape index (κ1) is 24.1. The third kappa shape index (κ3) is 5.05. The summed E-state index contributed by atoms with van der Waals surface area (Å²) in [6.07, 6.45) is 0.117. The lowest BCUT2D eigenvalue weighted by Gasteiger charge is -2.18. The van der Waals surface area contributed by atoms with Gasteiger partial charge in [0.25, 0.3) is 0 Å². The van der Waals surface area contributed by atoms with Gasteiger partial charge in [-0.2, -0.15) is 9.78 Å². The molecule has 0 fully saturated rings. The van der Waals surface area contributed by atoms with Crippen molar-refractivity contribution in [2.24, 2.45) is 0 Å². The molecule has 1 amide bonds. The molecule has 0 aliphatic carbocycles. The highest BCUT2D eigenvalue weighted by Gasteiger charge is 2.18. The Morgan fingerprint density at radius 1 is 1.09 bits per heavy atom. The van der Waals surface area contributed by atoms with Crippen LogP contribution in [0.5, 0.6) is 0 Å². The van der Waals surface area contributed by atoms with Crippen LogP contribution < -0.4 is 5.32 Å². The average Bonchev–Trinajstić information content (AvgIpc) is 3.35. The Morgan fingerprint density at radius 2 is 1.79 bits per heavy atom. The van der Waals surface area contributed by atoms with E-state index < -0.39 is 9.84 Å². The number of rotatable bonds is 6. The summed E-state index contributed by atoms with van der Waals surface area (Å²) in [5, 5.41) is 8.14. The number of hydrogen-bond donors (Lipinski definition) is 1. The summed E-state index contributed by atoms with van der Waals surface area (Å²) in [6, 6.07) is 14.5. The Bertz CT molecular complexity index is 1460. The SMILES string of the molecule is CCS(=O)(=O)c1ccc(CC(=O)Nc2cc(C)nn2-c2nc3ccc(C(C)(C)C)cc3s2)cc1. The topological polar surface area (TPSA) is 94.0 Å². The first-order chi connectivity index (χ1) is 16.0. The molecule has 7 nitrogen and oxygen atoms in total. The Balaban J connectivity index is 1.55. The Labute approximate surface area is 203 Å². The van der Waals surface area contributed by atoms with Crippen LogP contribution in [0.3, 0.4) is 0 Å². The second-order valence-corrected chi connectivity index (χ2v) is 12.6.